The summed E-state index contributed by atoms with van der Waals surface area (Å²) in [6.07, 6.45) is 1.22. The number of carbonyl (C=O) groups is 2. The lowest BCUT2D eigenvalue weighted by molar-refractivity contribution is -0.141. The van der Waals surface area contributed by atoms with Crippen molar-refractivity contribution in [2.24, 2.45) is 0 Å². The molecule has 6 nitrogen and oxygen atoms in total. The Hall–Kier alpha value is -2.70. The van der Waals surface area contributed by atoms with Gasteiger partial charge in [-0.2, -0.15) is 0 Å². The maximum Gasteiger partial charge on any atom is 0.343 e. The van der Waals surface area contributed by atoms with Gasteiger partial charge in [0.1, 0.15) is 17.9 Å². The van der Waals surface area contributed by atoms with Crippen LogP contribution in [0, 0.1) is 5.82 Å². The SMILES string of the molecule is CCOC(=O)c1cn(CC(=O)OC)c2ccc(F)cc2c1=O. The molecule has 2 aromatic rings. The third-order valence-electron chi connectivity index (χ3n) is 3.06. The molecule has 0 aliphatic rings. The van der Waals surface area contributed by atoms with Crippen molar-refractivity contribution in [3.63, 3.8) is 0 Å². The first-order valence-corrected chi connectivity index (χ1v) is 6.54. The number of halogens is 1. The van der Waals surface area contributed by atoms with Crippen LogP contribution >= 0.6 is 0 Å². The van der Waals surface area contributed by atoms with E-state index < -0.39 is 23.2 Å². The van der Waals surface area contributed by atoms with Crippen molar-refractivity contribution >= 4 is 22.8 Å². The molecular formula is C15H14FNO5. The lowest BCUT2D eigenvalue weighted by Crippen LogP contribution is -2.23. The minimum atomic E-state index is -0.822. The summed E-state index contributed by atoms with van der Waals surface area (Å²) in [4.78, 5) is 35.6. The molecule has 0 aliphatic heterocycles. The van der Waals surface area contributed by atoms with Gasteiger partial charge >= 0.3 is 11.9 Å². The fourth-order valence-electron chi connectivity index (χ4n) is 2.06. The predicted molar refractivity (Wildman–Crippen MR) is 76.1 cm³/mol. The highest BCUT2D eigenvalue weighted by atomic mass is 19.1. The number of aromatic nitrogens is 1. The van der Waals surface area contributed by atoms with Gasteiger partial charge in [-0.25, -0.2) is 9.18 Å². The van der Waals surface area contributed by atoms with E-state index >= 15 is 0 Å². The van der Waals surface area contributed by atoms with Crippen molar-refractivity contribution in [2.45, 2.75) is 13.5 Å². The molecule has 0 N–H and O–H groups in total. The Labute approximate surface area is 125 Å². The summed E-state index contributed by atoms with van der Waals surface area (Å²) >= 11 is 0. The van der Waals surface area contributed by atoms with Crippen molar-refractivity contribution < 1.29 is 23.5 Å². The highest BCUT2D eigenvalue weighted by Gasteiger charge is 2.18. The fraction of sp³-hybridized carbons (Fsp3) is 0.267. The first-order chi connectivity index (χ1) is 10.5. The van der Waals surface area contributed by atoms with Gasteiger partial charge in [-0.3, -0.25) is 9.59 Å². The summed E-state index contributed by atoms with van der Waals surface area (Å²) in [6.45, 7) is 1.48. The maximum atomic E-state index is 13.4. The van der Waals surface area contributed by atoms with Gasteiger partial charge in [0.05, 0.1) is 19.2 Å². The number of pyridine rings is 1. The summed E-state index contributed by atoms with van der Waals surface area (Å²) in [5, 5.41) is -0.00513. The fourth-order valence-corrected chi connectivity index (χ4v) is 2.06. The summed E-state index contributed by atoms with van der Waals surface area (Å²) < 4.78 is 24.1. The molecule has 7 heteroatoms. The standard InChI is InChI=1S/C15H14FNO5/c1-3-22-15(20)11-7-17(8-13(18)21-2)12-5-4-9(16)6-10(12)14(11)19/h4-7H,3,8H2,1-2H3. The number of nitrogens with zero attached hydrogens (tertiary/aromatic N) is 1. The third-order valence-corrected chi connectivity index (χ3v) is 3.06. The van der Waals surface area contributed by atoms with Crippen LogP contribution in [0.3, 0.4) is 0 Å². The van der Waals surface area contributed by atoms with E-state index in [0.717, 1.165) is 6.07 Å². The average molecular weight is 307 g/mol. The molecule has 0 amide bonds. The normalized spacial score (nSPS) is 10.5. The molecule has 1 aromatic carbocycles. The molecule has 0 aliphatic carbocycles. The largest absolute Gasteiger partial charge is 0.468 e. The van der Waals surface area contributed by atoms with Gasteiger partial charge < -0.3 is 14.0 Å². The Morgan fingerprint density at radius 3 is 2.68 bits per heavy atom. The second-order valence-corrected chi connectivity index (χ2v) is 4.46. The summed E-state index contributed by atoms with van der Waals surface area (Å²) in [5.74, 6) is -2.00. The van der Waals surface area contributed by atoms with Crippen LogP contribution in [0.1, 0.15) is 17.3 Å². The summed E-state index contributed by atoms with van der Waals surface area (Å²) in [6, 6.07) is 3.55. The van der Waals surface area contributed by atoms with Crippen LogP contribution in [0.2, 0.25) is 0 Å². The molecule has 0 unspecified atom stereocenters. The Morgan fingerprint density at radius 2 is 2.05 bits per heavy atom. The van der Waals surface area contributed by atoms with Gasteiger partial charge in [0.2, 0.25) is 5.43 Å². The van der Waals surface area contributed by atoms with Crippen LogP contribution in [0.4, 0.5) is 4.39 Å². The summed E-state index contributed by atoms with van der Waals surface area (Å²) in [7, 11) is 1.22. The van der Waals surface area contributed by atoms with E-state index in [4.69, 9.17) is 4.74 Å². The molecule has 116 valence electrons. The zero-order valence-corrected chi connectivity index (χ0v) is 12.1. The van der Waals surface area contributed by atoms with E-state index in [2.05, 4.69) is 4.74 Å². The van der Waals surface area contributed by atoms with Crippen LogP contribution < -0.4 is 5.43 Å². The third kappa shape index (κ3) is 2.98. The number of hydrogen-bond donors (Lipinski definition) is 0. The molecule has 1 aromatic heterocycles. The van der Waals surface area contributed by atoms with E-state index in [-0.39, 0.29) is 24.1 Å². The first-order valence-electron chi connectivity index (χ1n) is 6.54. The average Bonchev–Trinajstić information content (AvgIpc) is 2.50. The molecule has 0 saturated carbocycles. The minimum absolute atomic E-state index is 0.00513. The van der Waals surface area contributed by atoms with Crippen molar-refractivity contribution in [3.05, 3.63) is 46.0 Å². The Morgan fingerprint density at radius 1 is 1.32 bits per heavy atom. The molecule has 0 radical (unpaired) electrons. The van der Waals surface area contributed by atoms with Crippen LogP contribution in [0.5, 0.6) is 0 Å². The number of hydrogen-bond acceptors (Lipinski definition) is 5. The highest BCUT2D eigenvalue weighted by molar-refractivity contribution is 5.94. The van der Waals surface area contributed by atoms with Gasteiger partial charge in [0.25, 0.3) is 0 Å². The first kappa shape index (κ1) is 15.7. The monoisotopic (exact) mass is 307 g/mol. The smallest absolute Gasteiger partial charge is 0.343 e. The summed E-state index contributed by atoms with van der Waals surface area (Å²) in [5.41, 5.74) is -0.581. The zero-order chi connectivity index (χ0) is 16.3. The predicted octanol–water partition coefficient (Wildman–Crippen LogP) is 1.49. The molecule has 0 saturated heterocycles. The van der Waals surface area contributed by atoms with Gasteiger partial charge in [0.15, 0.2) is 0 Å². The van der Waals surface area contributed by atoms with Crippen LogP contribution in [-0.4, -0.2) is 30.2 Å². The second-order valence-electron chi connectivity index (χ2n) is 4.46. The number of methoxy groups -OCH3 is 1. The van der Waals surface area contributed by atoms with E-state index in [0.29, 0.717) is 5.52 Å². The Bertz CT molecular complexity index is 796. The number of benzene rings is 1. The lowest BCUT2D eigenvalue weighted by atomic mass is 10.1. The van der Waals surface area contributed by atoms with Crippen molar-refractivity contribution in [3.8, 4) is 0 Å². The minimum Gasteiger partial charge on any atom is -0.468 e. The topological polar surface area (TPSA) is 74.6 Å². The van der Waals surface area contributed by atoms with Crippen molar-refractivity contribution in [1.82, 2.24) is 4.57 Å². The van der Waals surface area contributed by atoms with Crippen LogP contribution in [0.15, 0.2) is 29.2 Å². The molecule has 22 heavy (non-hydrogen) atoms. The zero-order valence-electron chi connectivity index (χ0n) is 12.1. The van der Waals surface area contributed by atoms with E-state index in [1.54, 1.807) is 6.92 Å². The Balaban J connectivity index is 2.71. The maximum absolute atomic E-state index is 13.4. The van der Waals surface area contributed by atoms with Gasteiger partial charge in [-0.05, 0) is 25.1 Å². The second kappa shape index (κ2) is 6.38. The Kier molecular flexibility index (Phi) is 4.55. The van der Waals surface area contributed by atoms with Crippen molar-refractivity contribution in [1.29, 1.82) is 0 Å². The number of fused-ring (bicyclic) bond motifs is 1. The number of ether oxygens (including phenoxy) is 2. The molecule has 0 atom stereocenters. The van der Waals surface area contributed by atoms with Gasteiger partial charge in [0, 0.05) is 11.6 Å². The lowest BCUT2D eigenvalue weighted by Gasteiger charge is -2.12. The molecule has 0 spiro atoms. The van der Waals surface area contributed by atoms with E-state index in [9.17, 15) is 18.8 Å². The highest BCUT2D eigenvalue weighted by Crippen LogP contribution is 2.14. The molecule has 0 fully saturated rings. The molecule has 1 heterocycles. The number of carbonyl (C=O) groups excluding carboxylic acids is 2. The van der Waals surface area contributed by atoms with E-state index in [1.807, 2.05) is 0 Å². The molecule has 2 rings (SSSR count). The van der Waals surface area contributed by atoms with Crippen LogP contribution in [-0.2, 0) is 20.8 Å². The van der Waals surface area contributed by atoms with Gasteiger partial charge in [-0.15, -0.1) is 0 Å². The van der Waals surface area contributed by atoms with E-state index in [1.165, 1.54) is 30.0 Å². The quantitative estimate of drug-likeness (QED) is 0.800. The molecule has 0 bridgehead atoms. The molecular weight excluding hydrogens is 293 g/mol. The number of rotatable bonds is 4. The number of esters is 2. The van der Waals surface area contributed by atoms with Gasteiger partial charge in [-0.1, -0.05) is 0 Å². The van der Waals surface area contributed by atoms with Crippen LogP contribution in [0.25, 0.3) is 10.9 Å². The van der Waals surface area contributed by atoms with Crippen molar-refractivity contribution in [2.75, 3.05) is 13.7 Å².